The van der Waals surface area contributed by atoms with Crippen LogP contribution in [0.2, 0.25) is 0 Å². The molecule has 2 aromatic carbocycles. The number of pyridine rings is 1. The molecule has 3 saturated heterocycles. The summed E-state index contributed by atoms with van der Waals surface area (Å²) in [5.41, 5.74) is 3.00. The number of rotatable bonds is 5. The summed E-state index contributed by atoms with van der Waals surface area (Å²) in [6.07, 6.45) is 2.80. The molecule has 1 aromatic heterocycles. The van der Waals surface area contributed by atoms with Crippen molar-refractivity contribution in [3.05, 3.63) is 59.9 Å². The van der Waals surface area contributed by atoms with Crippen LogP contribution < -0.4 is 4.74 Å². The van der Waals surface area contributed by atoms with Crippen LogP contribution in [0.4, 0.5) is 4.39 Å². The van der Waals surface area contributed by atoms with Crippen LogP contribution in [0.1, 0.15) is 37.9 Å². The summed E-state index contributed by atoms with van der Waals surface area (Å²) in [7, 11) is 1.64. The minimum Gasteiger partial charge on any atom is -0.497 e. The van der Waals surface area contributed by atoms with Gasteiger partial charge in [-0.15, -0.1) is 0 Å². The van der Waals surface area contributed by atoms with Gasteiger partial charge in [0, 0.05) is 23.5 Å². The first-order valence-electron chi connectivity index (χ1n) is 11.2. The third-order valence-electron chi connectivity index (χ3n) is 7.31. The van der Waals surface area contributed by atoms with E-state index in [2.05, 4.69) is 11.8 Å². The van der Waals surface area contributed by atoms with E-state index >= 15 is 0 Å². The van der Waals surface area contributed by atoms with Gasteiger partial charge in [-0.25, -0.2) is 9.37 Å². The summed E-state index contributed by atoms with van der Waals surface area (Å²) in [6, 6.07) is 14.2. The number of benzene rings is 2. The highest BCUT2D eigenvalue weighted by Gasteiger charge is 2.42. The number of aliphatic hydroxyl groups is 1. The maximum atomic E-state index is 13.9. The van der Waals surface area contributed by atoms with E-state index in [4.69, 9.17) is 9.72 Å². The molecule has 31 heavy (non-hydrogen) atoms. The average Bonchev–Trinajstić information content (AvgIpc) is 2.82. The predicted molar refractivity (Wildman–Crippen MR) is 121 cm³/mol. The molecule has 4 heterocycles. The monoisotopic (exact) mass is 420 g/mol. The zero-order valence-electron chi connectivity index (χ0n) is 18.1. The standard InChI is InChI=1S/C26H29FN2O2/c1-3-16-15-29-10-9-17(16)12-25(29)26(30)22-14-24(18-5-4-6-19(27)11-18)28-23-8-7-20(31-2)13-21(22)23/h4-8,11,13-14,16-17,25-26,30H,3,9-10,12,15H2,1-2H3/t16-,17-,25-,26+/m0/s1. The van der Waals surface area contributed by atoms with Crippen molar-refractivity contribution < 1.29 is 14.2 Å². The van der Waals surface area contributed by atoms with Gasteiger partial charge in [0.05, 0.1) is 24.4 Å². The molecule has 2 bridgehead atoms. The van der Waals surface area contributed by atoms with E-state index in [1.807, 2.05) is 30.3 Å². The first-order valence-corrected chi connectivity index (χ1v) is 11.2. The minimum absolute atomic E-state index is 0.0960. The van der Waals surface area contributed by atoms with Crippen LogP contribution in [0.15, 0.2) is 48.5 Å². The summed E-state index contributed by atoms with van der Waals surface area (Å²) in [5.74, 6) is 1.85. The quantitative estimate of drug-likeness (QED) is 0.616. The van der Waals surface area contributed by atoms with Crippen molar-refractivity contribution in [2.75, 3.05) is 20.2 Å². The van der Waals surface area contributed by atoms with Crippen molar-refractivity contribution in [3.63, 3.8) is 0 Å². The van der Waals surface area contributed by atoms with Gasteiger partial charge in [-0.3, -0.25) is 4.90 Å². The van der Waals surface area contributed by atoms with E-state index in [0.717, 1.165) is 47.6 Å². The predicted octanol–water partition coefficient (Wildman–Crippen LogP) is 5.20. The van der Waals surface area contributed by atoms with Crippen LogP contribution in [0, 0.1) is 17.7 Å². The first-order chi connectivity index (χ1) is 15.1. The van der Waals surface area contributed by atoms with Crippen molar-refractivity contribution in [2.24, 2.45) is 11.8 Å². The number of hydrogen-bond acceptors (Lipinski definition) is 4. The number of aliphatic hydroxyl groups excluding tert-OH is 1. The molecule has 0 amide bonds. The fourth-order valence-electron chi connectivity index (χ4n) is 5.58. The zero-order valence-corrected chi connectivity index (χ0v) is 18.1. The number of ether oxygens (including phenoxy) is 1. The highest BCUT2D eigenvalue weighted by atomic mass is 19.1. The summed E-state index contributed by atoms with van der Waals surface area (Å²) in [4.78, 5) is 7.24. The SMILES string of the molecule is CC[C@H]1CN2CC[C@H]1C[C@H]2[C@H](O)c1cc(-c2cccc(F)c2)nc2ccc(OC)cc12. The highest BCUT2D eigenvalue weighted by Crippen LogP contribution is 2.43. The van der Waals surface area contributed by atoms with Gasteiger partial charge in [-0.05, 0) is 73.2 Å². The Labute approximate surface area is 182 Å². The summed E-state index contributed by atoms with van der Waals surface area (Å²) >= 11 is 0. The summed E-state index contributed by atoms with van der Waals surface area (Å²) in [6.45, 7) is 4.38. The zero-order chi connectivity index (χ0) is 21.5. The van der Waals surface area contributed by atoms with Gasteiger partial charge >= 0.3 is 0 Å². The van der Waals surface area contributed by atoms with E-state index in [1.54, 1.807) is 13.2 Å². The van der Waals surface area contributed by atoms with Crippen molar-refractivity contribution >= 4 is 10.9 Å². The van der Waals surface area contributed by atoms with E-state index in [0.29, 0.717) is 17.2 Å². The van der Waals surface area contributed by atoms with Crippen molar-refractivity contribution in [1.29, 1.82) is 0 Å². The molecule has 0 saturated carbocycles. The Morgan fingerprint density at radius 3 is 2.81 bits per heavy atom. The molecule has 4 nitrogen and oxygen atoms in total. The van der Waals surface area contributed by atoms with Gasteiger partial charge in [0.15, 0.2) is 0 Å². The van der Waals surface area contributed by atoms with E-state index in [9.17, 15) is 9.50 Å². The van der Waals surface area contributed by atoms with Gasteiger partial charge in [-0.1, -0.05) is 25.5 Å². The fourth-order valence-corrected chi connectivity index (χ4v) is 5.58. The molecule has 0 radical (unpaired) electrons. The van der Waals surface area contributed by atoms with E-state index in [1.165, 1.54) is 25.0 Å². The van der Waals surface area contributed by atoms with Crippen LogP contribution in [0.5, 0.6) is 5.75 Å². The third kappa shape index (κ3) is 3.70. The molecule has 5 atom stereocenters. The number of hydrogen-bond donors (Lipinski definition) is 1. The molecular weight excluding hydrogens is 391 g/mol. The minimum atomic E-state index is -0.634. The fraction of sp³-hybridized carbons (Fsp3) is 0.423. The van der Waals surface area contributed by atoms with Gasteiger partial charge < -0.3 is 9.84 Å². The molecule has 3 aliphatic heterocycles. The van der Waals surface area contributed by atoms with Gasteiger partial charge in [0.25, 0.3) is 0 Å². The maximum Gasteiger partial charge on any atom is 0.123 e. The molecule has 162 valence electrons. The molecule has 1 N–H and O–H groups in total. The Morgan fingerprint density at radius 1 is 1.23 bits per heavy atom. The van der Waals surface area contributed by atoms with Crippen LogP contribution in [-0.4, -0.2) is 41.2 Å². The average molecular weight is 421 g/mol. The Kier molecular flexibility index (Phi) is 5.40. The lowest BCUT2D eigenvalue weighted by molar-refractivity contribution is -0.0562. The second-order valence-electron chi connectivity index (χ2n) is 8.95. The molecule has 6 rings (SSSR count). The molecule has 0 spiro atoms. The lowest BCUT2D eigenvalue weighted by atomic mass is 9.72. The van der Waals surface area contributed by atoms with Crippen molar-refractivity contribution in [1.82, 2.24) is 9.88 Å². The largest absolute Gasteiger partial charge is 0.497 e. The molecule has 3 aliphatic rings. The van der Waals surface area contributed by atoms with Crippen LogP contribution in [0.25, 0.3) is 22.2 Å². The van der Waals surface area contributed by atoms with Crippen LogP contribution >= 0.6 is 0 Å². The smallest absolute Gasteiger partial charge is 0.123 e. The number of fused-ring (bicyclic) bond motifs is 4. The Hall–Kier alpha value is -2.50. The Bertz CT molecular complexity index is 1100. The molecule has 1 unspecified atom stereocenters. The second kappa shape index (κ2) is 8.21. The Balaban J connectivity index is 1.60. The number of aromatic nitrogens is 1. The summed E-state index contributed by atoms with van der Waals surface area (Å²) < 4.78 is 19.3. The molecule has 5 heteroatoms. The molecule has 3 aromatic rings. The third-order valence-corrected chi connectivity index (χ3v) is 7.31. The van der Waals surface area contributed by atoms with E-state index in [-0.39, 0.29) is 11.9 Å². The molecule has 0 aliphatic carbocycles. The lowest BCUT2D eigenvalue weighted by Crippen LogP contribution is -2.55. The topological polar surface area (TPSA) is 45.6 Å². The van der Waals surface area contributed by atoms with Crippen LogP contribution in [0.3, 0.4) is 0 Å². The van der Waals surface area contributed by atoms with Gasteiger partial charge in [-0.2, -0.15) is 0 Å². The number of halogens is 1. The molecular formula is C26H29FN2O2. The van der Waals surface area contributed by atoms with Crippen LogP contribution in [-0.2, 0) is 0 Å². The van der Waals surface area contributed by atoms with Gasteiger partial charge in [0.1, 0.15) is 11.6 Å². The summed E-state index contributed by atoms with van der Waals surface area (Å²) in [5, 5.41) is 12.5. The number of nitrogens with zero attached hydrogens (tertiary/aromatic N) is 2. The van der Waals surface area contributed by atoms with Crippen molar-refractivity contribution in [3.8, 4) is 17.0 Å². The van der Waals surface area contributed by atoms with Crippen molar-refractivity contribution in [2.45, 2.75) is 38.3 Å². The molecule has 3 fully saturated rings. The van der Waals surface area contributed by atoms with Gasteiger partial charge in [0.2, 0.25) is 0 Å². The Morgan fingerprint density at radius 2 is 2.10 bits per heavy atom. The first kappa shape index (κ1) is 20.4. The number of methoxy groups -OCH3 is 1. The second-order valence-corrected chi connectivity index (χ2v) is 8.95. The maximum absolute atomic E-state index is 13.9. The number of piperidine rings is 3. The lowest BCUT2D eigenvalue weighted by Gasteiger charge is -2.51. The normalized spacial score (nSPS) is 26.2. The van der Waals surface area contributed by atoms with E-state index < -0.39 is 6.10 Å². The highest BCUT2D eigenvalue weighted by molar-refractivity contribution is 5.87.